The molecular weight excluding hydrogens is 448 g/mol. The Balaban J connectivity index is 1.93. The van der Waals surface area contributed by atoms with Crippen LogP contribution in [-0.4, -0.2) is 38.6 Å². The van der Waals surface area contributed by atoms with E-state index in [2.05, 4.69) is 0 Å². The van der Waals surface area contributed by atoms with E-state index in [1.807, 2.05) is 6.92 Å². The minimum atomic E-state index is -4.16. The van der Waals surface area contributed by atoms with Crippen LogP contribution < -0.4 is 0 Å². The number of halogens is 3. The lowest BCUT2D eigenvalue weighted by molar-refractivity contribution is 0.0871. The summed E-state index contributed by atoms with van der Waals surface area (Å²) in [5, 5.41) is -1.12. The molecule has 1 unspecified atom stereocenters. The third-order valence-electron chi connectivity index (χ3n) is 5.52. The highest BCUT2D eigenvalue weighted by molar-refractivity contribution is 7.91. The molecule has 1 heterocycles. The molecule has 3 atom stereocenters. The van der Waals surface area contributed by atoms with Crippen molar-refractivity contribution in [1.29, 1.82) is 0 Å². The predicted molar refractivity (Wildman–Crippen MR) is 114 cm³/mol. The van der Waals surface area contributed by atoms with Crippen LogP contribution in [0.3, 0.4) is 0 Å². The minimum absolute atomic E-state index is 0.0390. The summed E-state index contributed by atoms with van der Waals surface area (Å²) in [6, 6.07) is 8.16. The molecule has 0 aromatic heterocycles. The van der Waals surface area contributed by atoms with Gasteiger partial charge in [-0.3, -0.25) is 0 Å². The number of rotatable bonds is 6. The van der Waals surface area contributed by atoms with Crippen LogP contribution in [0.5, 0.6) is 0 Å². The molecule has 2 aromatic rings. The van der Waals surface area contributed by atoms with Gasteiger partial charge < -0.3 is 9.64 Å². The van der Waals surface area contributed by atoms with Gasteiger partial charge in [-0.15, -0.1) is 0 Å². The van der Waals surface area contributed by atoms with E-state index in [9.17, 15) is 22.0 Å². The van der Waals surface area contributed by atoms with Crippen LogP contribution in [0.25, 0.3) is 0 Å². The summed E-state index contributed by atoms with van der Waals surface area (Å²) in [7, 11) is -4.16. The lowest BCUT2D eigenvalue weighted by Gasteiger charge is -2.27. The van der Waals surface area contributed by atoms with E-state index < -0.39 is 38.7 Å². The fourth-order valence-corrected chi connectivity index (χ4v) is 6.00. The van der Waals surface area contributed by atoms with Crippen LogP contribution in [-0.2, 0) is 14.6 Å². The largest absolute Gasteiger partial charge is 0.449 e. The first-order valence-corrected chi connectivity index (χ1v) is 11.9. The highest BCUT2D eigenvalue weighted by Gasteiger charge is 2.37. The van der Waals surface area contributed by atoms with Gasteiger partial charge in [0.2, 0.25) is 0 Å². The fourth-order valence-electron chi connectivity index (χ4n) is 3.86. The van der Waals surface area contributed by atoms with Gasteiger partial charge in [0.05, 0.1) is 16.8 Å². The number of ether oxygens (including phenoxy) is 1. The van der Waals surface area contributed by atoms with Crippen molar-refractivity contribution in [3.63, 3.8) is 0 Å². The Morgan fingerprint density at radius 2 is 1.90 bits per heavy atom. The Labute approximate surface area is 185 Å². The lowest BCUT2D eigenvalue weighted by atomic mass is 10.0. The van der Waals surface area contributed by atoms with Crippen molar-refractivity contribution in [2.75, 3.05) is 13.2 Å². The SMILES string of the molecule is CC1CCCN1C(=O)OC[C@@H](C)[C@@H](c1cc(F)ccc1F)S(=O)(=O)c1ccc(Cl)cc1. The average Bonchev–Trinajstić information content (AvgIpc) is 3.15. The van der Waals surface area contributed by atoms with Gasteiger partial charge in [0.1, 0.15) is 11.6 Å². The maximum absolute atomic E-state index is 14.6. The summed E-state index contributed by atoms with van der Waals surface area (Å²) in [5.74, 6) is -2.46. The summed E-state index contributed by atoms with van der Waals surface area (Å²) in [6.45, 7) is 3.74. The molecule has 0 N–H and O–H groups in total. The number of hydrogen-bond acceptors (Lipinski definition) is 4. The second kappa shape index (κ2) is 9.53. The topological polar surface area (TPSA) is 63.7 Å². The molecule has 9 heteroatoms. The van der Waals surface area contributed by atoms with E-state index in [1.165, 1.54) is 31.2 Å². The Bertz CT molecular complexity index is 1050. The molecule has 0 aliphatic carbocycles. The van der Waals surface area contributed by atoms with Crippen molar-refractivity contribution < 1.29 is 26.7 Å². The van der Waals surface area contributed by atoms with Gasteiger partial charge >= 0.3 is 6.09 Å². The molecule has 0 spiro atoms. The van der Waals surface area contributed by atoms with Crippen molar-refractivity contribution in [3.05, 3.63) is 64.7 Å². The van der Waals surface area contributed by atoms with Crippen molar-refractivity contribution in [1.82, 2.24) is 4.90 Å². The Hall–Kier alpha value is -2.19. The zero-order chi connectivity index (χ0) is 22.8. The molecule has 3 rings (SSSR count). The standard InChI is InChI=1S/C22H24ClF2NO4S/c1-14(13-30-22(27)26-11-3-4-15(26)2)21(19-12-17(24)7-10-20(19)25)31(28,29)18-8-5-16(23)6-9-18/h5-10,12,14-15,21H,3-4,11,13H2,1-2H3/t14-,15?,21+/m1/s1. The smallest absolute Gasteiger partial charge is 0.410 e. The first kappa shape index (κ1) is 23.5. The van der Waals surface area contributed by atoms with Crippen LogP contribution in [0.4, 0.5) is 13.6 Å². The number of hydrogen-bond donors (Lipinski definition) is 0. The van der Waals surface area contributed by atoms with Crippen molar-refractivity contribution in [2.45, 2.75) is 42.9 Å². The van der Waals surface area contributed by atoms with Gasteiger partial charge in [0.25, 0.3) is 0 Å². The normalized spacial score (nSPS) is 18.6. The van der Waals surface area contributed by atoms with E-state index in [1.54, 1.807) is 4.90 Å². The molecule has 1 aliphatic rings. The van der Waals surface area contributed by atoms with E-state index in [0.717, 1.165) is 31.0 Å². The van der Waals surface area contributed by atoms with E-state index in [0.29, 0.717) is 11.6 Å². The maximum Gasteiger partial charge on any atom is 0.410 e. The predicted octanol–water partition coefficient (Wildman–Crippen LogP) is 5.39. The van der Waals surface area contributed by atoms with E-state index in [-0.39, 0.29) is 23.1 Å². The molecule has 1 aliphatic heterocycles. The van der Waals surface area contributed by atoms with Gasteiger partial charge in [-0.25, -0.2) is 22.0 Å². The third kappa shape index (κ3) is 5.18. The number of benzene rings is 2. The molecule has 2 aromatic carbocycles. The van der Waals surface area contributed by atoms with Gasteiger partial charge in [-0.2, -0.15) is 0 Å². The van der Waals surface area contributed by atoms with E-state index in [4.69, 9.17) is 16.3 Å². The molecular formula is C22H24ClF2NO4S. The second-order valence-electron chi connectivity index (χ2n) is 7.82. The molecule has 0 saturated carbocycles. The number of nitrogens with zero attached hydrogens (tertiary/aromatic N) is 1. The van der Waals surface area contributed by atoms with Crippen molar-refractivity contribution >= 4 is 27.5 Å². The highest BCUT2D eigenvalue weighted by atomic mass is 35.5. The quantitative estimate of drug-likeness (QED) is 0.566. The van der Waals surface area contributed by atoms with Gasteiger partial charge in [0, 0.05) is 29.1 Å². The van der Waals surface area contributed by atoms with Gasteiger partial charge in [-0.1, -0.05) is 18.5 Å². The van der Waals surface area contributed by atoms with Crippen molar-refractivity contribution in [2.24, 2.45) is 5.92 Å². The summed E-state index contributed by atoms with van der Waals surface area (Å²) in [6.07, 6.45) is 1.19. The minimum Gasteiger partial charge on any atom is -0.449 e. The summed E-state index contributed by atoms with van der Waals surface area (Å²) >= 11 is 5.86. The number of likely N-dealkylation sites (tertiary alicyclic amines) is 1. The summed E-state index contributed by atoms with van der Waals surface area (Å²) in [5.41, 5.74) is -0.312. The Kier molecular flexibility index (Phi) is 7.21. The first-order chi connectivity index (χ1) is 14.6. The maximum atomic E-state index is 14.6. The third-order valence-corrected chi connectivity index (χ3v) is 8.08. The van der Waals surface area contributed by atoms with Crippen LogP contribution in [0.2, 0.25) is 5.02 Å². The molecule has 1 saturated heterocycles. The molecule has 1 amide bonds. The number of amides is 1. The average molecular weight is 472 g/mol. The molecule has 31 heavy (non-hydrogen) atoms. The van der Waals surface area contributed by atoms with Crippen LogP contribution in [0, 0.1) is 17.6 Å². The molecule has 5 nitrogen and oxygen atoms in total. The Morgan fingerprint density at radius 1 is 1.23 bits per heavy atom. The Morgan fingerprint density at radius 3 is 2.52 bits per heavy atom. The van der Waals surface area contributed by atoms with Crippen molar-refractivity contribution in [3.8, 4) is 0 Å². The number of carbonyl (C=O) groups excluding carboxylic acids is 1. The zero-order valence-electron chi connectivity index (χ0n) is 17.2. The first-order valence-electron chi connectivity index (χ1n) is 9.99. The molecule has 0 bridgehead atoms. The van der Waals surface area contributed by atoms with Crippen LogP contribution in [0.1, 0.15) is 37.5 Å². The highest BCUT2D eigenvalue weighted by Crippen LogP contribution is 2.37. The lowest BCUT2D eigenvalue weighted by Crippen LogP contribution is -2.36. The zero-order valence-corrected chi connectivity index (χ0v) is 18.8. The molecule has 0 radical (unpaired) electrons. The number of sulfone groups is 1. The number of carbonyl (C=O) groups is 1. The summed E-state index contributed by atoms with van der Waals surface area (Å²) < 4.78 is 60.7. The van der Waals surface area contributed by atoms with E-state index >= 15 is 0 Å². The van der Waals surface area contributed by atoms with Crippen LogP contribution >= 0.6 is 11.6 Å². The molecule has 1 fully saturated rings. The summed E-state index contributed by atoms with van der Waals surface area (Å²) in [4.78, 5) is 13.9. The monoisotopic (exact) mass is 471 g/mol. The second-order valence-corrected chi connectivity index (χ2v) is 10.3. The van der Waals surface area contributed by atoms with Gasteiger partial charge in [-0.05, 0) is 62.2 Å². The van der Waals surface area contributed by atoms with Crippen LogP contribution in [0.15, 0.2) is 47.4 Å². The fraction of sp³-hybridized carbons (Fsp3) is 0.409. The molecule has 168 valence electrons. The van der Waals surface area contributed by atoms with Gasteiger partial charge in [0.15, 0.2) is 9.84 Å².